The minimum absolute atomic E-state index is 0.0567. The van der Waals surface area contributed by atoms with Crippen molar-refractivity contribution >= 4 is 27.3 Å². The molecule has 1 aliphatic heterocycles. The van der Waals surface area contributed by atoms with Crippen LogP contribution in [0.25, 0.3) is 0 Å². The molecule has 1 aliphatic rings. The number of piperazine rings is 1. The summed E-state index contributed by atoms with van der Waals surface area (Å²) in [6.45, 7) is 5.75. The van der Waals surface area contributed by atoms with Gasteiger partial charge in [0, 0.05) is 50.8 Å². The first-order valence-corrected chi connectivity index (χ1v) is 12.0. The minimum atomic E-state index is -3.99. The fourth-order valence-corrected chi connectivity index (χ4v) is 5.46. The van der Waals surface area contributed by atoms with Crippen LogP contribution in [0.5, 0.6) is 0 Å². The molecule has 1 N–H and O–H groups in total. The number of rotatable bonds is 5. The zero-order valence-electron chi connectivity index (χ0n) is 18.7. The van der Waals surface area contributed by atoms with Crippen LogP contribution in [0.15, 0.2) is 53.7 Å². The Morgan fingerprint density at radius 3 is 2.36 bits per heavy atom. The molecule has 2 heterocycles. The van der Waals surface area contributed by atoms with Crippen molar-refractivity contribution in [1.29, 1.82) is 0 Å². The lowest BCUT2D eigenvalue weighted by Gasteiger charge is -2.36. The molecule has 1 amide bonds. The first-order valence-electron chi connectivity index (χ1n) is 10.6. The molecule has 0 aliphatic carbocycles. The van der Waals surface area contributed by atoms with Crippen molar-refractivity contribution in [3.63, 3.8) is 0 Å². The van der Waals surface area contributed by atoms with Crippen LogP contribution in [0.1, 0.15) is 21.5 Å². The van der Waals surface area contributed by atoms with Crippen molar-refractivity contribution < 1.29 is 17.6 Å². The third kappa shape index (κ3) is 4.62. The van der Waals surface area contributed by atoms with E-state index in [9.17, 15) is 17.6 Å². The fourth-order valence-electron chi connectivity index (χ4n) is 3.92. The van der Waals surface area contributed by atoms with Crippen molar-refractivity contribution in [2.45, 2.75) is 18.9 Å². The Hall–Kier alpha value is -3.24. The van der Waals surface area contributed by atoms with Crippen LogP contribution in [-0.4, -0.2) is 54.6 Å². The van der Waals surface area contributed by atoms with Crippen LogP contribution < -0.4 is 10.2 Å². The molecule has 0 unspecified atom stereocenters. The van der Waals surface area contributed by atoms with Crippen molar-refractivity contribution in [3.05, 3.63) is 71.2 Å². The topological polar surface area (TPSA) is 87.5 Å². The van der Waals surface area contributed by atoms with E-state index in [0.29, 0.717) is 18.8 Å². The van der Waals surface area contributed by atoms with Crippen molar-refractivity contribution in [1.82, 2.24) is 14.1 Å². The summed E-state index contributed by atoms with van der Waals surface area (Å²) in [6.07, 6.45) is 1.37. The van der Waals surface area contributed by atoms with Gasteiger partial charge >= 0.3 is 0 Å². The Balaban J connectivity index is 1.53. The van der Waals surface area contributed by atoms with E-state index >= 15 is 0 Å². The summed E-state index contributed by atoms with van der Waals surface area (Å²) in [7, 11) is -2.42. The Morgan fingerprint density at radius 1 is 1.03 bits per heavy atom. The van der Waals surface area contributed by atoms with E-state index < -0.39 is 21.7 Å². The quantitative estimate of drug-likeness (QED) is 0.618. The Kier molecular flexibility index (Phi) is 6.22. The molecule has 10 heteroatoms. The van der Waals surface area contributed by atoms with Gasteiger partial charge in [-0.1, -0.05) is 12.1 Å². The Bertz CT molecular complexity index is 1280. The number of carbonyl (C=O) groups excluding carboxylic acids is 1. The summed E-state index contributed by atoms with van der Waals surface area (Å²) in [5.41, 5.74) is 3.77. The molecule has 0 spiro atoms. The Morgan fingerprint density at radius 2 is 1.70 bits per heavy atom. The predicted octanol–water partition coefficient (Wildman–Crippen LogP) is 2.94. The number of hydrogen-bond donors (Lipinski definition) is 1. The molecule has 33 heavy (non-hydrogen) atoms. The van der Waals surface area contributed by atoms with Crippen molar-refractivity contribution in [2.75, 3.05) is 36.4 Å². The molecule has 2 aromatic carbocycles. The first-order chi connectivity index (χ1) is 15.7. The van der Waals surface area contributed by atoms with Crippen LogP contribution >= 0.6 is 0 Å². The van der Waals surface area contributed by atoms with Gasteiger partial charge in [-0.3, -0.25) is 9.48 Å². The van der Waals surface area contributed by atoms with Gasteiger partial charge in [0.2, 0.25) is 5.03 Å². The highest BCUT2D eigenvalue weighted by Gasteiger charge is 2.34. The zero-order valence-corrected chi connectivity index (χ0v) is 19.6. The average Bonchev–Trinajstić information content (AvgIpc) is 3.20. The molecule has 0 saturated carbocycles. The third-order valence-corrected chi connectivity index (χ3v) is 7.72. The van der Waals surface area contributed by atoms with Gasteiger partial charge in [-0.25, -0.2) is 12.8 Å². The van der Waals surface area contributed by atoms with Gasteiger partial charge in [0.25, 0.3) is 15.9 Å². The van der Waals surface area contributed by atoms with Crippen LogP contribution in [0.4, 0.5) is 15.8 Å². The molecule has 1 aromatic heterocycles. The van der Waals surface area contributed by atoms with Gasteiger partial charge in [0.05, 0.1) is 5.56 Å². The number of aryl methyl sites for hydroxylation is 2. The van der Waals surface area contributed by atoms with Crippen LogP contribution in [0.3, 0.4) is 0 Å². The summed E-state index contributed by atoms with van der Waals surface area (Å²) in [5, 5.41) is 6.41. The summed E-state index contributed by atoms with van der Waals surface area (Å²) in [6, 6.07) is 11.3. The SMILES string of the molecule is Cc1cccc(N2CCN(S(=O)(=O)c3nn(C)cc3C(=O)Nc3ccc(F)cc3)CC2)c1C. The maximum absolute atomic E-state index is 13.4. The predicted molar refractivity (Wildman–Crippen MR) is 124 cm³/mol. The molecule has 0 bridgehead atoms. The van der Waals surface area contributed by atoms with Gasteiger partial charge < -0.3 is 10.2 Å². The second-order valence-electron chi connectivity index (χ2n) is 8.09. The number of anilines is 2. The summed E-state index contributed by atoms with van der Waals surface area (Å²) < 4.78 is 42.6. The third-order valence-electron chi connectivity index (χ3n) is 5.88. The van der Waals surface area contributed by atoms with Crippen LogP contribution in [0.2, 0.25) is 0 Å². The summed E-state index contributed by atoms with van der Waals surface area (Å²) >= 11 is 0. The molecule has 4 rings (SSSR count). The lowest BCUT2D eigenvalue weighted by molar-refractivity contribution is 0.102. The largest absolute Gasteiger partial charge is 0.369 e. The van der Waals surface area contributed by atoms with E-state index in [1.807, 2.05) is 12.1 Å². The monoisotopic (exact) mass is 471 g/mol. The lowest BCUT2D eigenvalue weighted by atomic mass is 10.1. The number of sulfonamides is 1. The highest BCUT2D eigenvalue weighted by atomic mass is 32.2. The van der Waals surface area contributed by atoms with E-state index in [-0.39, 0.29) is 23.7 Å². The molecule has 0 atom stereocenters. The van der Waals surface area contributed by atoms with Gasteiger partial charge in [-0.05, 0) is 55.3 Å². The smallest absolute Gasteiger partial charge is 0.263 e. The lowest BCUT2D eigenvalue weighted by Crippen LogP contribution is -2.49. The molecule has 0 radical (unpaired) electrons. The maximum atomic E-state index is 13.4. The normalized spacial score (nSPS) is 15.0. The van der Waals surface area contributed by atoms with Crippen LogP contribution in [0, 0.1) is 19.7 Å². The number of benzene rings is 2. The average molecular weight is 472 g/mol. The summed E-state index contributed by atoms with van der Waals surface area (Å²) in [5.74, 6) is -1.06. The number of nitrogens with one attached hydrogen (secondary N) is 1. The van der Waals surface area contributed by atoms with Gasteiger partial charge in [-0.2, -0.15) is 9.40 Å². The molecule has 174 valence electrons. The Labute approximate surface area is 192 Å². The highest BCUT2D eigenvalue weighted by Crippen LogP contribution is 2.26. The van der Waals surface area contributed by atoms with Crippen molar-refractivity contribution in [3.8, 4) is 0 Å². The summed E-state index contributed by atoms with van der Waals surface area (Å²) in [4.78, 5) is 15.0. The van der Waals surface area contributed by atoms with Gasteiger partial charge in [-0.15, -0.1) is 0 Å². The van der Waals surface area contributed by atoms with E-state index in [0.717, 1.165) is 5.69 Å². The highest BCUT2D eigenvalue weighted by molar-refractivity contribution is 7.89. The zero-order chi connectivity index (χ0) is 23.8. The minimum Gasteiger partial charge on any atom is -0.369 e. The number of amides is 1. The second kappa shape index (κ2) is 8.95. The van der Waals surface area contributed by atoms with E-state index in [1.165, 1.54) is 50.6 Å². The first kappa shape index (κ1) is 22.9. The second-order valence-corrected chi connectivity index (χ2v) is 9.95. The number of carbonyl (C=O) groups is 1. The van der Waals surface area contributed by atoms with Crippen molar-refractivity contribution in [2.24, 2.45) is 7.05 Å². The number of nitrogens with zero attached hydrogens (tertiary/aromatic N) is 4. The molecule has 1 saturated heterocycles. The maximum Gasteiger partial charge on any atom is 0.263 e. The number of halogens is 1. The standard InChI is InChI=1S/C23H26FN5O3S/c1-16-5-4-6-21(17(16)2)28-11-13-29(14-12-28)33(31,32)23-20(15-27(3)26-23)22(30)25-19-9-7-18(24)8-10-19/h4-10,15H,11-14H2,1-3H3,(H,25,30). The van der Waals surface area contributed by atoms with E-state index in [1.54, 1.807) is 7.05 Å². The molecule has 8 nitrogen and oxygen atoms in total. The van der Waals surface area contributed by atoms with E-state index in [4.69, 9.17) is 0 Å². The molecular formula is C23H26FN5O3S. The molecular weight excluding hydrogens is 445 g/mol. The number of hydrogen-bond acceptors (Lipinski definition) is 5. The molecule has 3 aromatic rings. The molecule has 1 fully saturated rings. The number of aromatic nitrogens is 2. The van der Waals surface area contributed by atoms with Gasteiger partial charge in [0.15, 0.2) is 0 Å². The fraction of sp³-hybridized carbons (Fsp3) is 0.304. The van der Waals surface area contributed by atoms with Crippen LogP contribution in [-0.2, 0) is 17.1 Å². The van der Waals surface area contributed by atoms with E-state index in [2.05, 4.69) is 35.2 Å². The van der Waals surface area contributed by atoms with Gasteiger partial charge in [0.1, 0.15) is 5.82 Å².